The fraction of sp³-hybridized carbons (Fsp3) is 0.125. The van der Waals surface area contributed by atoms with Gasteiger partial charge >= 0.3 is 0 Å². The molecule has 3 N–H and O–H groups in total. The lowest BCUT2D eigenvalue weighted by Gasteiger charge is -2.21. The first-order valence-corrected chi connectivity index (χ1v) is 6.96. The van der Waals surface area contributed by atoms with Crippen LogP contribution in [0.3, 0.4) is 0 Å². The lowest BCUT2D eigenvalue weighted by atomic mass is 10.1. The maximum Gasteiger partial charge on any atom is 0.248 e. The van der Waals surface area contributed by atoms with Gasteiger partial charge < -0.3 is 10.8 Å². The molecule has 0 aliphatic heterocycles. The zero-order valence-electron chi connectivity index (χ0n) is 11.3. The summed E-state index contributed by atoms with van der Waals surface area (Å²) in [7, 11) is 0. The number of nitrogens with two attached hydrogens (primary N) is 1. The van der Waals surface area contributed by atoms with E-state index in [1.54, 1.807) is 36.4 Å². The summed E-state index contributed by atoms with van der Waals surface area (Å²) in [4.78, 5) is 13.8. The highest BCUT2D eigenvalue weighted by Gasteiger charge is 2.21. The first kappa shape index (κ1) is 15.2. The molecule has 0 bridgehead atoms. The molecule has 0 fully saturated rings. The van der Waals surface area contributed by atoms with E-state index >= 15 is 0 Å². The third-order valence-electron chi connectivity index (χ3n) is 3.09. The number of amides is 1. The van der Waals surface area contributed by atoms with Crippen LogP contribution in [-0.4, -0.2) is 22.5 Å². The Morgan fingerprint density at radius 3 is 2.38 bits per heavy atom. The van der Waals surface area contributed by atoms with E-state index in [4.69, 9.17) is 18.0 Å². The van der Waals surface area contributed by atoms with Crippen molar-refractivity contribution in [2.75, 3.05) is 4.90 Å². The van der Waals surface area contributed by atoms with Crippen LogP contribution >= 0.6 is 12.2 Å². The number of hydrogen-bond donors (Lipinski definition) is 2. The lowest BCUT2D eigenvalue weighted by molar-refractivity contribution is -0.118. The number of rotatable bonds is 5. The van der Waals surface area contributed by atoms with E-state index in [1.165, 1.54) is 10.4 Å². The summed E-state index contributed by atoms with van der Waals surface area (Å²) in [6.45, 7) is 0. The van der Waals surface area contributed by atoms with Crippen LogP contribution in [-0.2, 0) is 11.2 Å². The summed E-state index contributed by atoms with van der Waals surface area (Å²) < 4.78 is 0. The van der Waals surface area contributed by atoms with Crippen molar-refractivity contribution in [2.24, 2.45) is 5.73 Å². The zero-order chi connectivity index (χ0) is 15.2. The van der Waals surface area contributed by atoms with Crippen LogP contribution in [0.15, 0.2) is 54.6 Å². The van der Waals surface area contributed by atoms with Gasteiger partial charge in [-0.1, -0.05) is 42.5 Å². The Labute approximate surface area is 128 Å². The predicted octanol–water partition coefficient (Wildman–Crippen LogP) is 2.25. The van der Waals surface area contributed by atoms with Gasteiger partial charge in [-0.05, 0) is 36.2 Å². The van der Waals surface area contributed by atoms with Gasteiger partial charge in [-0.15, -0.1) is 0 Å². The van der Waals surface area contributed by atoms with E-state index in [9.17, 15) is 9.90 Å². The number of anilines is 1. The number of benzene rings is 2. The number of aromatic hydroxyl groups is 1. The third kappa shape index (κ3) is 3.87. The molecule has 108 valence electrons. The number of nitrogens with zero attached hydrogens (tertiary/aromatic N) is 1. The van der Waals surface area contributed by atoms with Gasteiger partial charge in [0.05, 0.1) is 11.5 Å². The van der Waals surface area contributed by atoms with E-state index in [0.717, 1.165) is 5.56 Å². The highest BCUT2D eigenvalue weighted by atomic mass is 32.1. The molecule has 1 atom stereocenters. The van der Waals surface area contributed by atoms with Crippen molar-refractivity contribution in [2.45, 2.75) is 12.5 Å². The van der Waals surface area contributed by atoms with Crippen LogP contribution in [0.5, 0.6) is 5.75 Å². The van der Waals surface area contributed by atoms with Crippen molar-refractivity contribution >= 4 is 29.3 Å². The molecule has 0 spiro atoms. The second kappa shape index (κ2) is 6.97. The highest BCUT2D eigenvalue weighted by Crippen LogP contribution is 2.15. The minimum atomic E-state index is -0.700. The molecule has 0 aliphatic carbocycles. The predicted molar refractivity (Wildman–Crippen MR) is 87.4 cm³/mol. The molecule has 21 heavy (non-hydrogen) atoms. The second-order valence-electron chi connectivity index (χ2n) is 4.63. The van der Waals surface area contributed by atoms with Gasteiger partial charge in [0.25, 0.3) is 0 Å². The molecule has 0 aromatic heterocycles. The van der Waals surface area contributed by atoms with Crippen LogP contribution in [0.1, 0.15) is 5.56 Å². The van der Waals surface area contributed by atoms with Gasteiger partial charge in [-0.3, -0.25) is 9.69 Å². The van der Waals surface area contributed by atoms with Crippen LogP contribution in [0.4, 0.5) is 5.69 Å². The SMILES string of the molecule is NC(Cc1ccc(O)cc1)C(=O)N(C=S)c1ccccc1. The topological polar surface area (TPSA) is 66.6 Å². The Kier molecular flexibility index (Phi) is 5.03. The Balaban J connectivity index is 2.10. The molecule has 2 aromatic carbocycles. The van der Waals surface area contributed by atoms with Gasteiger partial charge in [-0.2, -0.15) is 0 Å². The van der Waals surface area contributed by atoms with Gasteiger partial charge in [0.1, 0.15) is 5.75 Å². The first-order valence-electron chi connectivity index (χ1n) is 6.48. The number of carbonyl (C=O) groups is 1. The fourth-order valence-electron chi connectivity index (χ4n) is 1.98. The highest BCUT2D eigenvalue weighted by molar-refractivity contribution is 7.79. The van der Waals surface area contributed by atoms with E-state index in [0.29, 0.717) is 12.1 Å². The summed E-state index contributed by atoms with van der Waals surface area (Å²) in [5, 5.41) is 9.25. The summed E-state index contributed by atoms with van der Waals surface area (Å²) >= 11 is 4.92. The molecule has 2 rings (SSSR count). The van der Waals surface area contributed by atoms with Gasteiger partial charge in [0, 0.05) is 5.69 Å². The van der Waals surface area contributed by atoms with Crippen molar-refractivity contribution in [3.63, 3.8) is 0 Å². The van der Waals surface area contributed by atoms with E-state index in [1.807, 2.05) is 18.2 Å². The minimum Gasteiger partial charge on any atom is -0.508 e. The number of thiocarbonyl (C=S) groups is 1. The van der Waals surface area contributed by atoms with Crippen molar-refractivity contribution < 1.29 is 9.90 Å². The molecule has 4 nitrogen and oxygen atoms in total. The van der Waals surface area contributed by atoms with E-state index in [-0.39, 0.29) is 11.7 Å². The third-order valence-corrected chi connectivity index (χ3v) is 3.30. The molecule has 1 unspecified atom stereocenters. The Morgan fingerprint density at radius 1 is 1.19 bits per heavy atom. The van der Waals surface area contributed by atoms with Crippen LogP contribution in [0.25, 0.3) is 0 Å². The summed E-state index contributed by atoms with van der Waals surface area (Å²) in [6.07, 6.45) is 0.381. The average molecular weight is 300 g/mol. The Morgan fingerprint density at radius 2 is 1.81 bits per heavy atom. The van der Waals surface area contributed by atoms with Crippen LogP contribution in [0, 0.1) is 0 Å². The number of phenolic OH excluding ortho intramolecular Hbond substituents is 1. The first-order chi connectivity index (χ1) is 10.1. The van der Waals surface area contributed by atoms with Gasteiger partial charge in [-0.25, -0.2) is 0 Å². The number of carbonyl (C=O) groups excluding carboxylic acids is 1. The zero-order valence-corrected chi connectivity index (χ0v) is 12.2. The lowest BCUT2D eigenvalue weighted by Crippen LogP contribution is -2.44. The van der Waals surface area contributed by atoms with E-state index < -0.39 is 6.04 Å². The molecule has 2 aromatic rings. The average Bonchev–Trinajstić information content (AvgIpc) is 2.51. The van der Waals surface area contributed by atoms with E-state index in [2.05, 4.69) is 0 Å². The summed E-state index contributed by atoms with van der Waals surface area (Å²) in [6, 6.07) is 15.1. The molecule has 0 aliphatic rings. The number of hydrogen-bond acceptors (Lipinski definition) is 4. The maximum atomic E-state index is 12.4. The van der Waals surface area contributed by atoms with Crippen LogP contribution in [0.2, 0.25) is 0 Å². The largest absolute Gasteiger partial charge is 0.508 e. The molecule has 5 heteroatoms. The smallest absolute Gasteiger partial charge is 0.248 e. The fourth-order valence-corrected chi connectivity index (χ4v) is 2.21. The van der Waals surface area contributed by atoms with Crippen molar-refractivity contribution in [3.05, 3.63) is 60.2 Å². The normalized spacial score (nSPS) is 11.7. The van der Waals surface area contributed by atoms with Crippen molar-refractivity contribution in [1.29, 1.82) is 0 Å². The molecule has 0 saturated carbocycles. The van der Waals surface area contributed by atoms with Crippen molar-refractivity contribution in [1.82, 2.24) is 0 Å². The minimum absolute atomic E-state index is 0.184. The van der Waals surface area contributed by atoms with Gasteiger partial charge in [0.15, 0.2) is 0 Å². The summed E-state index contributed by atoms with van der Waals surface area (Å²) in [5.41, 5.74) is 8.85. The van der Waals surface area contributed by atoms with Crippen LogP contribution < -0.4 is 10.6 Å². The quantitative estimate of drug-likeness (QED) is 0.831. The molecular formula is C16H16N2O2S. The molecule has 1 amide bonds. The Hall–Kier alpha value is -2.24. The number of phenols is 1. The van der Waals surface area contributed by atoms with Gasteiger partial charge in [0.2, 0.25) is 5.91 Å². The second-order valence-corrected chi connectivity index (χ2v) is 4.84. The molecule has 0 heterocycles. The molecular weight excluding hydrogens is 284 g/mol. The maximum absolute atomic E-state index is 12.4. The Bertz CT molecular complexity index is 614. The number of para-hydroxylation sites is 1. The van der Waals surface area contributed by atoms with Crippen molar-refractivity contribution in [3.8, 4) is 5.75 Å². The molecule has 0 radical (unpaired) electrons. The standard InChI is InChI=1S/C16H16N2O2S/c17-15(10-12-6-8-14(19)9-7-12)16(20)18(11-21)13-4-2-1-3-5-13/h1-9,11,15,19H,10,17H2. The monoisotopic (exact) mass is 300 g/mol. The summed E-state index contributed by atoms with van der Waals surface area (Å²) in [5.74, 6) is -0.0762. The molecule has 0 saturated heterocycles.